The first-order chi connectivity index (χ1) is 12.4. The molecule has 0 atom stereocenters. The normalized spacial score (nSPS) is 12.2. The van der Waals surface area contributed by atoms with E-state index in [4.69, 9.17) is 4.74 Å². The molecule has 4 heterocycles. The third-order valence-electron chi connectivity index (χ3n) is 4.17. The van der Waals surface area contributed by atoms with E-state index in [9.17, 15) is 0 Å². The predicted molar refractivity (Wildman–Crippen MR) is 92.2 cm³/mol. The molecular weight excluding hydrogens is 314 g/mol. The molecule has 0 saturated heterocycles. The molecule has 25 heavy (non-hydrogen) atoms. The largest absolute Gasteiger partial charge is 0.468 e. The minimum absolute atomic E-state index is 0.345. The molecule has 4 aromatic rings. The lowest BCUT2D eigenvalue weighted by molar-refractivity contribution is 0.268. The highest BCUT2D eigenvalue weighted by molar-refractivity contribution is 5.68. The summed E-state index contributed by atoms with van der Waals surface area (Å²) < 4.78 is 7.74. The molecule has 0 saturated carbocycles. The van der Waals surface area contributed by atoms with Gasteiger partial charge < -0.3 is 4.74 Å². The van der Waals surface area contributed by atoms with E-state index in [1.165, 1.54) is 0 Å². The van der Waals surface area contributed by atoms with Crippen molar-refractivity contribution in [3.63, 3.8) is 0 Å². The molecule has 5 rings (SSSR count). The summed E-state index contributed by atoms with van der Waals surface area (Å²) in [6, 6.07) is 16.0. The third-order valence-corrected chi connectivity index (χ3v) is 4.17. The van der Waals surface area contributed by atoms with Gasteiger partial charge in [0.1, 0.15) is 5.69 Å². The standard InChI is InChI=1S/C19H13N5O/c1-2-5-13(6-3-1)15-9-16-19(21-11-15)25-12-17-22-23-18(24(16)17)14-7-4-8-20-10-14/h1-11H,12H2. The van der Waals surface area contributed by atoms with Crippen LogP contribution in [0.2, 0.25) is 0 Å². The highest BCUT2D eigenvalue weighted by Gasteiger charge is 2.24. The quantitative estimate of drug-likeness (QED) is 0.565. The molecular formula is C19H13N5O. The first kappa shape index (κ1) is 13.9. The highest BCUT2D eigenvalue weighted by Crippen LogP contribution is 2.34. The molecule has 120 valence electrons. The topological polar surface area (TPSA) is 65.7 Å². The van der Waals surface area contributed by atoms with Gasteiger partial charge in [0.2, 0.25) is 5.88 Å². The van der Waals surface area contributed by atoms with Crippen molar-refractivity contribution in [2.45, 2.75) is 6.61 Å². The van der Waals surface area contributed by atoms with Crippen molar-refractivity contribution >= 4 is 0 Å². The minimum Gasteiger partial charge on any atom is -0.468 e. The summed E-state index contributed by atoms with van der Waals surface area (Å²) in [5.41, 5.74) is 3.85. The zero-order valence-corrected chi connectivity index (χ0v) is 13.2. The molecule has 0 amide bonds. The van der Waals surface area contributed by atoms with Gasteiger partial charge in [-0.25, -0.2) is 4.98 Å². The second-order valence-electron chi connectivity index (χ2n) is 5.72. The molecule has 0 unspecified atom stereocenters. The Bertz CT molecular complexity index is 1040. The van der Waals surface area contributed by atoms with Crippen molar-refractivity contribution in [3.05, 3.63) is 72.9 Å². The van der Waals surface area contributed by atoms with Crippen molar-refractivity contribution in [1.82, 2.24) is 24.7 Å². The number of hydrogen-bond donors (Lipinski definition) is 0. The van der Waals surface area contributed by atoms with E-state index in [1.54, 1.807) is 12.4 Å². The van der Waals surface area contributed by atoms with Gasteiger partial charge in [-0.05, 0) is 23.8 Å². The summed E-state index contributed by atoms with van der Waals surface area (Å²) in [5, 5.41) is 8.60. The Labute approximate surface area is 143 Å². The predicted octanol–water partition coefficient (Wildman–Crippen LogP) is 3.28. The van der Waals surface area contributed by atoms with Crippen LogP contribution >= 0.6 is 0 Å². The smallest absolute Gasteiger partial charge is 0.238 e. The molecule has 1 aliphatic heterocycles. The molecule has 6 heteroatoms. The molecule has 1 aliphatic rings. The van der Waals surface area contributed by atoms with Crippen LogP contribution in [0.3, 0.4) is 0 Å². The number of hydrogen-bond acceptors (Lipinski definition) is 5. The molecule has 0 fully saturated rings. The van der Waals surface area contributed by atoms with Crippen LogP contribution in [-0.2, 0) is 6.61 Å². The lowest BCUT2D eigenvalue weighted by Crippen LogP contribution is -2.15. The molecule has 1 aromatic carbocycles. The van der Waals surface area contributed by atoms with Crippen LogP contribution in [0.4, 0.5) is 0 Å². The molecule has 0 aliphatic carbocycles. The number of rotatable bonds is 2. The van der Waals surface area contributed by atoms with Gasteiger partial charge >= 0.3 is 0 Å². The van der Waals surface area contributed by atoms with Gasteiger partial charge in [-0.1, -0.05) is 30.3 Å². The molecule has 0 N–H and O–H groups in total. The van der Waals surface area contributed by atoms with E-state index >= 15 is 0 Å². The average Bonchev–Trinajstić information content (AvgIpc) is 3.14. The number of aromatic nitrogens is 5. The summed E-state index contributed by atoms with van der Waals surface area (Å²) in [6.07, 6.45) is 5.34. The van der Waals surface area contributed by atoms with E-state index in [1.807, 2.05) is 41.1 Å². The Kier molecular flexibility index (Phi) is 3.06. The Balaban J connectivity index is 1.71. The van der Waals surface area contributed by atoms with Crippen LogP contribution in [0.15, 0.2) is 67.1 Å². The van der Waals surface area contributed by atoms with Crippen LogP contribution < -0.4 is 4.74 Å². The van der Waals surface area contributed by atoms with Gasteiger partial charge in [-0.3, -0.25) is 9.55 Å². The van der Waals surface area contributed by atoms with Gasteiger partial charge in [0.25, 0.3) is 0 Å². The fraction of sp³-hybridized carbons (Fsp3) is 0.0526. The molecule has 3 aromatic heterocycles. The fourth-order valence-electron chi connectivity index (χ4n) is 2.98. The van der Waals surface area contributed by atoms with Crippen molar-refractivity contribution < 1.29 is 4.74 Å². The third kappa shape index (κ3) is 2.27. The maximum atomic E-state index is 5.74. The summed E-state index contributed by atoms with van der Waals surface area (Å²) in [6.45, 7) is 0.345. The number of fused-ring (bicyclic) bond motifs is 3. The SMILES string of the molecule is c1ccc(-c2cnc3c(c2)-n2c(nnc2-c2cccnc2)CO3)cc1. The number of nitrogens with zero attached hydrogens (tertiary/aromatic N) is 5. The minimum atomic E-state index is 0.345. The van der Waals surface area contributed by atoms with E-state index in [0.29, 0.717) is 12.5 Å². The molecule has 0 radical (unpaired) electrons. The first-order valence-corrected chi connectivity index (χ1v) is 7.93. The molecule has 0 bridgehead atoms. The summed E-state index contributed by atoms with van der Waals surface area (Å²) >= 11 is 0. The van der Waals surface area contributed by atoms with Crippen LogP contribution in [0, 0.1) is 0 Å². The van der Waals surface area contributed by atoms with Crippen molar-refractivity contribution in [2.75, 3.05) is 0 Å². The molecule has 6 nitrogen and oxygen atoms in total. The van der Waals surface area contributed by atoms with Crippen molar-refractivity contribution in [1.29, 1.82) is 0 Å². The summed E-state index contributed by atoms with van der Waals surface area (Å²) in [5.74, 6) is 2.06. The average molecular weight is 327 g/mol. The zero-order chi connectivity index (χ0) is 16.6. The summed E-state index contributed by atoms with van der Waals surface area (Å²) in [7, 11) is 0. The van der Waals surface area contributed by atoms with Crippen molar-refractivity contribution in [2.24, 2.45) is 0 Å². The van der Waals surface area contributed by atoms with Crippen LogP contribution in [0.1, 0.15) is 5.82 Å². The lowest BCUT2D eigenvalue weighted by Gasteiger charge is -2.20. The van der Waals surface area contributed by atoms with E-state index in [-0.39, 0.29) is 0 Å². The Morgan fingerprint density at radius 3 is 2.60 bits per heavy atom. The Hall–Kier alpha value is -3.54. The van der Waals surface area contributed by atoms with Gasteiger partial charge in [-0.2, -0.15) is 0 Å². The van der Waals surface area contributed by atoms with E-state index < -0.39 is 0 Å². The number of benzene rings is 1. The fourth-order valence-corrected chi connectivity index (χ4v) is 2.98. The number of pyridine rings is 2. The van der Waals surface area contributed by atoms with Gasteiger partial charge in [0.05, 0.1) is 0 Å². The van der Waals surface area contributed by atoms with E-state index in [0.717, 1.165) is 34.0 Å². The zero-order valence-electron chi connectivity index (χ0n) is 13.2. The number of ether oxygens (including phenoxy) is 1. The highest BCUT2D eigenvalue weighted by atomic mass is 16.5. The second-order valence-corrected chi connectivity index (χ2v) is 5.72. The Morgan fingerprint density at radius 2 is 1.76 bits per heavy atom. The van der Waals surface area contributed by atoms with Gasteiger partial charge in [0, 0.05) is 29.7 Å². The lowest BCUT2D eigenvalue weighted by atomic mass is 10.1. The summed E-state index contributed by atoms with van der Waals surface area (Å²) in [4.78, 5) is 8.68. The maximum absolute atomic E-state index is 5.74. The van der Waals surface area contributed by atoms with Crippen molar-refractivity contribution in [3.8, 4) is 34.1 Å². The van der Waals surface area contributed by atoms with Crippen LogP contribution in [0.5, 0.6) is 5.88 Å². The monoisotopic (exact) mass is 327 g/mol. The van der Waals surface area contributed by atoms with Crippen LogP contribution in [0.25, 0.3) is 28.2 Å². The van der Waals surface area contributed by atoms with Gasteiger partial charge in [-0.15, -0.1) is 10.2 Å². The van der Waals surface area contributed by atoms with E-state index in [2.05, 4.69) is 38.4 Å². The maximum Gasteiger partial charge on any atom is 0.238 e. The Morgan fingerprint density at radius 1 is 0.880 bits per heavy atom. The second kappa shape index (κ2) is 5.52. The first-order valence-electron chi connectivity index (χ1n) is 7.93. The molecule has 0 spiro atoms. The van der Waals surface area contributed by atoms with Crippen LogP contribution in [-0.4, -0.2) is 24.7 Å². The van der Waals surface area contributed by atoms with Gasteiger partial charge in [0.15, 0.2) is 18.3 Å².